The fraction of sp³-hybridized carbons (Fsp3) is 0.118. The molecule has 26 heavy (non-hydrogen) atoms. The Hall–Kier alpha value is -1.84. The SMILES string of the molecule is Cc1c(N=C2S/C(=C\c3cc(Br)c(Br)o3)C(=O)N2C)cccc1C(=O)O. The third kappa shape index (κ3) is 3.65. The molecule has 0 aliphatic carbocycles. The number of carboxylic acids is 1. The molecule has 1 amide bonds. The minimum absolute atomic E-state index is 0.185. The molecular formula is C17H12Br2N2O4S. The Labute approximate surface area is 170 Å². The number of rotatable bonds is 3. The number of likely N-dealkylation sites (N-methyl/N-ethyl adjacent to an activating group) is 1. The van der Waals surface area contributed by atoms with Crippen LogP contribution in [0.3, 0.4) is 0 Å². The average molecular weight is 500 g/mol. The molecule has 0 unspecified atom stereocenters. The molecule has 1 N–H and O–H groups in total. The molecule has 3 rings (SSSR count). The summed E-state index contributed by atoms with van der Waals surface area (Å²) in [6, 6.07) is 6.62. The second-order valence-corrected chi connectivity index (χ2v) is 7.98. The van der Waals surface area contributed by atoms with Crippen LogP contribution in [0.15, 0.2) is 47.7 Å². The average Bonchev–Trinajstić information content (AvgIpc) is 3.03. The molecular weight excluding hydrogens is 488 g/mol. The van der Waals surface area contributed by atoms with Crippen LogP contribution in [-0.4, -0.2) is 34.1 Å². The lowest BCUT2D eigenvalue weighted by Crippen LogP contribution is -2.23. The summed E-state index contributed by atoms with van der Waals surface area (Å²) < 4.78 is 6.78. The molecule has 1 saturated heterocycles. The van der Waals surface area contributed by atoms with Crippen LogP contribution in [0.4, 0.5) is 5.69 Å². The van der Waals surface area contributed by atoms with Gasteiger partial charge in [-0.25, -0.2) is 9.79 Å². The molecule has 0 bridgehead atoms. The largest absolute Gasteiger partial charge is 0.478 e. The number of furan rings is 1. The first-order valence-electron chi connectivity index (χ1n) is 7.32. The van der Waals surface area contributed by atoms with Gasteiger partial charge in [-0.2, -0.15) is 0 Å². The highest BCUT2D eigenvalue weighted by Gasteiger charge is 2.31. The quantitative estimate of drug-likeness (QED) is 0.597. The van der Waals surface area contributed by atoms with Gasteiger partial charge in [0.2, 0.25) is 0 Å². The number of halogens is 2. The van der Waals surface area contributed by atoms with Crippen molar-refractivity contribution in [2.24, 2.45) is 4.99 Å². The number of hydrogen-bond acceptors (Lipinski definition) is 5. The molecule has 1 aliphatic heterocycles. The molecule has 1 aromatic carbocycles. The van der Waals surface area contributed by atoms with Gasteiger partial charge in [0.05, 0.1) is 20.6 Å². The highest BCUT2D eigenvalue weighted by molar-refractivity contribution is 9.13. The number of carboxylic acid groups (broad SMARTS) is 1. The molecule has 6 nitrogen and oxygen atoms in total. The van der Waals surface area contributed by atoms with Crippen molar-refractivity contribution in [2.45, 2.75) is 6.92 Å². The van der Waals surface area contributed by atoms with Crippen LogP contribution < -0.4 is 0 Å². The van der Waals surface area contributed by atoms with Gasteiger partial charge in [-0.1, -0.05) is 6.07 Å². The first-order chi connectivity index (χ1) is 12.3. The molecule has 134 valence electrons. The van der Waals surface area contributed by atoms with Gasteiger partial charge in [-0.3, -0.25) is 9.69 Å². The van der Waals surface area contributed by atoms with E-state index in [-0.39, 0.29) is 11.5 Å². The Kier molecular flexibility index (Phi) is 5.40. The van der Waals surface area contributed by atoms with E-state index in [4.69, 9.17) is 4.42 Å². The third-order valence-electron chi connectivity index (χ3n) is 3.69. The van der Waals surface area contributed by atoms with Crippen molar-refractivity contribution in [3.63, 3.8) is 0 Å². The van der Waals surface area contributed by atoms with Crippen LogP contribution in [-0.2, 0) is 4.79 Å². The van der Waals surface area contributed by atoms with Gasteiger partial charge in [0.1, 0.15) is 5.76 Å². The fourth-order valence-electron chi connectivity index (χ4n) is 2.29. The minimum atomic E-state index is -1.01. The number of carbonyl (C=O) groups is 2. The Balaban J connectivity index is 1.95. The van der Waals surface area contributed by atoms with Crippen molar-refractivity contribution < 1.29 is 19.1 Å². The van der Waals surface area contributed by atoms with Gasteiger partial charge in [0, 0.05) is 13.1 Å². The zero-order valence-electron chi connectivity index (χ0n) is 13.6. The normalized spacial score (nSPS) is 17.5. The number of aromatic carboxylic acids is 1. The highest BCUT2D eigenvalue weighted by Crippen LogP contribution is 2.36. The van der Waals surface area contributed by atoms with Crippen LogP contribution in [0.25, 0.3) is 6.08 Å². The molecule has 0 spiro atoms. The number of thioether (sulfide) groups is 1. The smallest absolute Gasteiger partial charge is 0.336 e. The summed E-state index contributed by atoms with van der Waals surface area (Å²) >= 11 is 7.79. The van der Waals surface area contributed by atoms with Gasteiger partial charge in [-0.05, 0) is 74.3 Å². The molecule has 2 heterocycles. The summed E-state index contributed by atoms with van der Waals surface area (Å²) in [6.07, 6.45) is 1.64. The topological polar surface area (TPSA) is 83.1 Å². The molecule has 1 aromatic heterocycles. The summed E-state index contributed by atoms with van der Waals surface area (Å²) in [5.74, 6) is -0.689. The molecule has 0 radical (unpaired) electrons. The van der Waals surface area contributed by atoms with E-state index in [0.29, 0.717) is 31.8 Å². The van der Waals surface area contributed by atoms with E-state index in [1.807, 2.05) is 0 Å². The van der Waals surface area contributed by atoms with Crippen LogP contribution >= 0.6 is 43.6 Å². The van der Waals surface area contributed by atoms with Gasteiger partial charge < -0.3 is 9.52 Å². The number of hydrogen-bond donors (Lipinski definition) is 1. The first kappa shape index (κ1) is 18.9. The monoisotopic (exact) mass is 498 g/mol. The van der Waals surface area contributed by atoms with Crippen LogP contribution in [0.5, 0.6) is 0 Å². The van der Waals surface area contributed by atoms with Gasteiger partial charge in [-0.15, -0.1) is 0 Å². The van der Waals surface area contributed by atoms with E-state index in [1.54, 1.807) is 38.2 Å². The van der Waals surface area contributed by atoms with Gasteiger partial charge in [0.25, 0.3) is 5.91 Å². The number of amides is 1. The maximum atomic E-state index is 12.5. The number of aliphatic imine (C=N–C) groups is 1. The second kappa shape index (κ2) is 7.42. The van der Waals surface area contributed by atoms with Crippen LogP contribution in [0.2, 0.25) is 0 Å². The Bertz CT molecular complexity index is 962. The Morgan fingerprint density at radius 1 is 1.38 bits per heavy atom. The van der Waals surface area contributed by atoms with E-state index in [2.05, 4.69) is 36.9 Å². The Morgan fingerprint density at radius 2 is 2.12 bits per heavy atom. The molecule has 2 aromatic rings. The summed E-state index contributed by atoms with van der Waals surface area (Å²) in [6.45, 7) is 1.69. The lowest BCUT2D eigenvalue weighted by atomic mass is 10.1. The lowest BCUT2D eigenvalue weighted by molar-refractivity contribution is -0.121. The fourth-order valence-corrected chi connectivity index (χ4v) is 3.86. The van der Waals surface area contributed by atoms with E-state index in [9.17, 15) is 14.7 Å². The molecule has 0 atom stereocenters. The summed E-state index contributed by atoms with van der Waals surface area (Å²) in [5, 5.41) is 9.70. The van der Waals surface area contributed by atoms with Crippen molar-refractivity contribution in [3.05, 3.63) is 55.2 Å². The predicted molar refractivity (Wildman–Crippen MR) is 108 cm³/mol. The molecule has 1 fully saturated rings. The van der Waals surface area contributed by atoms with Gasteiger partial charge in [0.15, 0.2) is 9.84 Å². The summed E-state index contributed by atoms with van der Waals surface area (Å²) in [7, 11) is 1.62. The highest BCUT2D eigenvalue weighted by atomic mass is 79.9. The van der Waals surface area contributed by atoms with E-state index in [1.165, 1.54) is 22.7 Å². The Morgan fingerprint density at radius 3 is 2.73 bits per heavy atom. The first-order valence-corrected chi connectivity index (χ1v) is 9.72. The van der Waals surface area contributed by atoms with E-state index >= 15 is 0 Å². The van der Waals surface area contributed by atoms with Crippen molar-refractivity contribution >= 4 is 72.4 Å². The maximum absolute atomic E-state index is 12.5. The zero-order chi connectivity index (χ0) is 19.0. The van der Waals surface area contributed by atoms with Crippen molar-refractivity contribution in [3.8, 4) is 0 Å². The predicted octanol–water partition coefficient (Wildman–Crippen LogP) is 5.05. The second-order valence-electron chi connectivity index (χ2n) is 5.39. The van der Waals surface area contributed by atoms with Gasteiger partial charge >= 0.3 is 5.97 Å². The maximum Gasteiger partial charge on any atom is 0.336 e. The summed E-state index contributed by atoms with van der Waals surface area (Å²) in [4.78, 5) is 30.1. The lowest BCUT2D eigenvalue weighted by Gasteiger charge is -2.09. The number of benzene rings is 1. The van der Waals surface area contributed by atoms with Crippen molar-refractivity contribution in [1.29, 1.82) is 0 Å². The molecule has 0 saturated carbocycles. The third-order valence-corrected chi connectivity index (χ3v) is 6.46. The van der Waals surface area contributed by atoms with Crippen molar-refractivity contribution in [2.75, 3.05) is 7.05 Å². The number of nitrogens with zero attached hydrogens (tertiary/aromatic N) is 2. The zero-order valence-corrected chi connectivity index (χ0v) is 17.6. The van der Waals surface area contributed by atoms with Crippen molar-refractivity contribution in [1.82, 2.24) is 4.90 Å². The van der Waals surface area contributed by atoms with E-state index < -0.39 is 5.97 Å². The summed E-state index contributed by atoms with van der Waals surface area (Å²) in [5.41, 5.74) is 1.24. The van der Waals surface area contributed by atoms with E-state index in [0.717, 1.165) is 4.47 Å². The molecule has 9 heteroatoms. The number of carbonyl (C=O) groups excluding carboxylic acids is 1. The molecule has 1 aliphatic rings. The minimum Gasteiger partial charge on any atom is -0.478 e. The van der Waals surface area contributed by atoms with Crippen LogP contribution in [0.1, 0.15) is 21.7 Å². The standard InChI is InChI=1S/C17H12Br2N2O4S/c1-8-10(16(23)24)4-3-5-12(8)20-17-21(2)15(22)13(26-17)7-9-6-11(18)14(19)25-9/h3-7H,1-2H3,(H,23,24)/b13-7-,20-17?. The van der Waals surface area contributed by atoms with Crippen LogP contribution in [0, 0.1) is 6.92 Å². The number of amidine groups is 1.